The molecule has 0 aromatic carbocycles. The molecule has 0 amide bonds. The Morgan fingerprint density at radius 2 is 0.886 bits per heavy atom. The maximum absolute atomic E-state index is 12.4. The van der Waals surface area contributed by atoms with Crippen LogP contribution in [-0.2, 0) is 32.7 Å². The topological polar surface area (TPSA) is 108 Å². The van der Waals surface area contributed by atoms with Gasteiger partial charge in [-0.15, -0.1) is 0 Å². The zero-order chi connectivity index (χ0) is 32.6. The standard InChI is InChI=1S/C35H69O8P/c1-4-6-8-10-12-14-16-17-18-19-20-22-24-26-28-30-35(37)43-33(32-42-44(38,39)40-3)31-41-34(36)29-27-25-23-21-15-13-11-9-7-5-2/h33H,4-32H2,1-3H3,(H,38,39)/t33-/m1/s1. The van der Waals surface area contributed by atoms with Crippen molar-refractivity contribution in [2.75, 3.05) is 20.3 Å². The van der Waals surface area contributed by atoms with Crippen LogP contribution in [-0.4, -0.2) is 43.3 Å². The van der Waals surface area contributed by atoms with Gasteiger partial charge in [-0.05, 0) is 12.8 Å². The van der Waals surface area contributed by atoms with Crippen LogP contribution >= 0.6 is 7.82 Å². The van der Waals surface area contributed by atoms with Crippen LogP contribution in [0.15, 0.2) is 0 Å². The number of esters is 2. The zero-order valence-corrected chi connectivity index (χ0v) is 29.7. The monoisotopic (exact) mass is 648 g/mol. The van der Waals surface area contributed by atoms with Crippen LogP contribution < -0.4 is 0 Å². The Hall–Kier alpha value is -0.950. The van der Waals surface area contributed by atoms with Crippen molar-refractivity contribution in [1.29, 1.82) is 0 Å². The van der Waals surface area contributed by atoms with Crippen LogP contribution in [0.25, 0.3) is 0 Å². The SMILES string of the molecule is CCCCCCCCCCCCCCCCCC(=O)O[C@H](COC(=O)CCCCCCCCCCCC)COP(=O)(O)OC. The highest BCUT2D eigenvalue weighted by Gasteiger charge is 2.24. The molecule has 0 aliphatic heterocycles. The summed E-state index contributed by atoms with van der Waals surface area (Å²) >= 11 is 0. The lowest BCUT2D eigenvalue weighted by atomic mass is 10.0. The molecule has 0 saturated carbocycles. The molecule has 0 bridgehead atoms. The number of rotatable bonds is 34. The van der Waals surface area contributed by atoms with E-state index in [0.717, 1.165) is 45.6 Å². The zero-order valence-electron chi connectivity index (χ0n) is 28.8. The molecule has 0 fully saturated rings. The summed E-state index contributed by atoms with van der Waals surface area (Å²) in [5.41, 5.74) is 0. The minimum Gasteiger partial charge on any atom is -0.462 e. The van der Waals surface area contributed by atoms with Crippen molar-refractivity contribution in [1.82, 2.24) is 0 Å². The van der Waals surface area contributed by atoms with Crippen molar-refractivity contribution in [3.63, 3.8) is 0 Å². The van der Waals surface area contributed by atoms with Crippen molar-refractivity contribution >= 4 is 19.8 Å². The molecule has 2 atom stereocenters. The van der Waals surface area contributed by atoms with Gasteiger partial charge >= 0.3 is 19.8 Å². The van der Waals surface area contributed by atoms with E-state index in [1.807, 2.05) is 0 Å². The molecule has 0 rings (SSSR count). The summed E-state index contributed by atoms with van der Waals surface area (Å²) in [7, 11) is -3.18. The van der Waals surface area contributed by atoms with Crippen molar-refractivity contribution < 1.29 is 37.6 Å². The van der Waals surface area contributed by atoms with Crippen LogP contribution in [0.1, 0.15) is 187 Å². The molecule has 0 aliphatic rings. The number of unbranched alkanes of at least 4 members (excludes halogenated alkanes) is 23. The Bertz CT molecular complexity index is 702. The highest BCUT2D eigenvalue weighted by molar-refractivity contribution is 7.47. The van der Waals surface area contributed by atoms with Gasteiger partial charge in [0.1, 0.15) is 6.61 Å². The summed E-state index contributed by atoms with van der Waals surface area (Å²) in [5.74, 6) is -0.795. The minimum atomic E-state index is -4.24. The summed E-state index contributed by atoms with van der Waals surface area (Å²) in [6.07, 6.45) is 30.1. The average molecular weight is 649 g/mol. The summed E-state index contributed by atoms with van der Waals surface area (Å²) in [5, 5.41) is 0. The number of carbonyl (C=O) groups excluding carboxylic acids is 2. The third-order valence-electron chi connectivity index (χ3n) is 8.10. The fourth-order valence-electron chi connectivity index (χ4n) is 5.25. The Kier molecular flexibility index (Phi) is 31.3. The maximum atomic E-state index is 12.4. The largest absolute Gasteiger partial charge is 0.472 e. The number of phosphoric ester groups is 1. The van der Waals surface area contributed by atoms with Crippen LogP contribution in [0, 0.1) is 0 Å². The number of hydrogen-bond acceptors (Lipinski definition) is 7. The van der Waals surface area contributed by atoms with Crippen LogP contribution in [0.5, 0.6) is 0 Å². The summed E-state index contributed by atoms with van der Waals surface area (Å²) < 4.78 is 31.8. The maximum Gasteiger partial charge on any atom is 0.472 e. The van der Waals surface area contributed by atoms with E-state index in [9.17, 15) is 19.0 Å². The Balaban J connectivity index is 4.03. The van der Waals surface area contributed by atoms with E-state index in [0.29, 0.717) is 6.42 Å². The Labute approximate surface area is 270 Å². The lowest BCUT2D eigenvalue weighted by Crippen LogP contribution is -2.29. The quantitative estimate of drug-likeness (QED) is 0.0417. The van der Waals surface area contributed by atoms with E-state index in [1.165, 1.54) is 122 Å². The molecule has 9 heteroatoms. The second kappa shape index (κ2) is 32.0. The van der Waals surface area contributed by atoms with Crippen molar-refractivity contribution in [2.45, 2.75) is 193 Å². The molecule has 0 spiro atoms. The van der Waals surface area contributed by atoms with Gasteiger partial charge in [0.2, 0.25) is 0 Å². The first-order valence-corrected chi connectivity index (χ1v) is 19.7. The third kappa shape index (κ3) is 31.0. The lowest BCUT2D eigenvalue weighted by molar-refractivity contribution is -0.161. The number of phosphoric acid groups is 1. The molecule has 1 N–H and O–H groups in total. The summed E-state index contributed by atoms with van der Waals surface area (Å²) in [6, 6.07) is 0. The molecule has 0 radical (unpaired) electrons. The van der Waals surface area contributed by atoms with E-state index in [-0.39, 0.29) is 19.0 Å². The highest BCUT2D eigenvalue weighted by Crippen LogP contribution is 2.42. The Morgan fingerprint density at radius 3 is 1.25 bits per heavy atom. The Morgan fingerprint density at radius 1 is 0.545 bits per heavy atom. The normalized spacial score (nSPS) is 13.5. The second-order valence-corrected chi connectivity index (χ2v) is 13.9. The molecule has 44 heavy (non-hydrogen) atoms. The fraction of sp³-hybridized carbons (Fsp3) is 0.943. The van der Waals surface area contributed by atoms with Crippen LogP contribution in [0.2, 0.25) is 0 Å². The number of ether oxygens (including phenoxy) is 2. The lowest BCUT2D eigenvalue weighted by Gasteiger charge is -2.19. The minimum absolute atomic E-state index is 0.217. The van der Waals surface area contributed by atoms with Gasteiger partial charge in [-0.25, -0.2) is 4.57 Å². The van der Waals surface area contributed by atoms with Gasteiger partial charge in [0.25, 0.3) is 0 Å². The molecule has 0 heterocycles. The first-order chi connectivity index (χ1) is 21.3. The third-order valence-corrected chi connectivity index (χ3v) is 9.04. The molecule has 0 aromatic rings. The van der Waals surface area contributed by atoms with Crippen molar-refractivity contribution in [3.8, 4) is 0 Å². The summed E-state index contributed by atoms with van der Waals surface area (Å²) in [4.78, 5) is 34.2. The smallest absolute Gasteiger partial charge is 0.462 e. The van der Waals surface area contributed by atoms with Crippen molar-refractivity contribution in [3.05, 3.63) is 0 Å². The van der Waals surface area contributed by atoms with E-state index >= 15 is 0 Å². The van der Waals surface area contributed by atoms with E-state index < -0.39 is 26.5 Å². The van der Waals surface area contributed by atoms with Gasteiger partial charge in [0.05, 0.1) is 6.61 Å². The first kappa shape index (κ1) is 43.0. The predicted molar refractivity (Wildman–Crippen MR) is 180 cm³/mol. The molecule has 262 valence electrons. The van der Waals surface area contributed by atoms with Crippen LogP contribution in [0.4, 0.5) is 0 Å². The number of hydrogen-bond donors (Lipinski definition) is 1. The van der Waals surface area contributed by atoms with Gasteiger partial charge in [0, 0.05) is 20.0 Å². The van der Waals surface area contributed by atoms with Gasteiger partial charge < -0.3 is 14.4 Å². The number of carbonyl (C=O) groups is 2. The van der Waals surface area contributed by atoms with E-state index in [1.54, 1.807) is 0 Å². The van der Waals surface area contributed by atoms with Gasteiger partial charge in [-0.1, -0.05) is 162 Å². The van der Waals surface area contributed by atoms with Crippen molar-refractivity contribution in [2.24, 2.45) is 0 Å². The molecule has 8 nitrogen and oxygen atoms in total. The molecule has 0 aliphatic carbocycles. The molecule has 0 aromatic heterocycles. The summed E-state index contributed by atoms with van der Waals surface area (Å²) in [6.45, 7) is 3.87. The molecular weight excluding hydrogens is 579 g/mol. The fourth-order valence-corrected chi connectivity index (χ4v) is 5.71. The van der Waals surface area contributed by atoms with E-state index in [4.69, 9.17) is 14.0 Å². The second-order valence-electron chi connectivity index (χ2n) is 12.4. The van der Waals surface area contributed by atoms with E-state index in [2.05, 4.69) is 18.4 Å². The van der Waals surface area contributed by atoms with Gasteiger partial charge in [-0.2, -0.15) is 0 Å². The molecular formula is C35H69O8P. The predicted octanol–water partition coefficient (Wildman–Crippen LogP) is 10.8. The first-order valence-electron chi connectivity index (χ1n) is 18.2. The highest BCUT2D eigenvalue weighted by atomic mass is 31.2. The molecule has 1 unspecified atom stereocenters. The van der Waals surface area contributed by atoms with Crippen LogP contribution in [0.3, 0.4) is 0 Å². The average Bonchev–Trinajstić information content (AvgIpc) is 3.01. The molecule has 0 saturated heterocycles. The van der Waals surface area contributed by atoms with Gasteiger partial charge in [-0.3, -0.25) is 18.6 Å². The van der Waals surface area contributed by atoms with Gasteiger partial charge in [0.15, 0.2) is 6.10 Å².